The molecule has 2 fully saturated rings. The Morgan fingerprint density at radius 1 is 1.17 bits per heavy atom. The van der Waals surface area contributed by atoms with Gasteiger partial charge in [0.15, 0.2) is 5.01 Å². The zero-order valence-electron chi connectivity index (χ0n) is 22.2. The first-order valence-electron chi connectivity index (χ1n) is 12.7. The molecule has 3 atom stereocenters. The molecule has 2 aliphatic rings. The van der Waals surface area contributed by atoms with E-state index >= 15 is 0 Å². The number of sulfonamides is 1. The number of aromatic nitrogens is 3. The summed E-state index contributed by atoms with van der Waals surface area (Å²) in [4.78, 5) is 6.40. The first kappa shape index (κ1) is 31.5. The van der Waals surface area contributed by atoms with Crippen LogP contribution < -0.4 is 4.72 Å². The number of nitrogens with one attached hydrogen (secondary N) is 1. The smallest absolute Gasteiger partial charge is 0.404 e. The highest BCUT2D eigenvalue weighted by molar-refractivity contribution is 7.89. The molecule has 0 saturated carbocycles. The quantitative estimate of drug-likeness (QED) is 0.236. The number of halogens is 6. The van der Waals surface area contributed by atoms with Gasteiger partial charge in [0.1, 0.15) is 35.0 Å². The average molecular weight is 675 g/mol. The van der Waals surface area contributed by atoms with Crippen LogP contribution >= 0.6 is 34.5 Å². The molecular weight excluding hydrogens is 649 g/mol. The summed E-state index contributed by atoms with van der Waals surface area (Å²) in [6.45, 7) is 4.56. The monoisotopic (exact) mass is 673 g/mol. The topological polar surface area (TPSA) is 134 Å². The van der Waals surface area contributed by atoms with Crippen LogP contribution in [0.2, 0.25) is 10.0 Å². The van der Waals surface area contributed by atoms with Gasteiger partial charge in [0.05, 0.1) is 20.6 Å². The highest BCUT2D eigenvalue weighted by Crippen LogP contribution is 2.51. The number of likely N-dealkylation sites (tertiary alicyclic amines) is 1. The fourth-order valence-corrected chi connectivity index (χ4v) is 7.55. The van der Waals surface area contributed by atoms with Crippen molar-refractivity contribution in [3.8, 4) is 21.3 Å². The number of alkyl halides is 4. The first-order valence-corrected chi connectivity index (χ1v) is 15.7. The summed E-state index contributed by atoms with van der Waals surface area (Å²) in [6.07, 6.45) is -5.94. The van der Waals surface area contributed by atoms with Crippen molar-refractivity contribution in [1.82, 2.24) is 24.8 Å². The number of epoxide rings is 1. The van der Waals surface area contributed by atoms with Crippen LogP contribution in [0.3, 0.4) is 0 Å². The molecule has 2 aromatic heterocycles. The molecule has 2 aliphatic heterocycles. The second-order valence-electron chi connectivity index (χ2n) is 10.5. The molecule has 5 rings (SSSR count). The normalized spacial score (nSPS) is 21.6. The van der Waals surface area contributed by atoms with Crippen LogP contribution in [0.4, 0.5) is 17.6 Å². The minimum absolute atomic E-state index is 0.00757. The average Bonchev–Trinajstić information content (AvgIpc) is 3.29. The van der Waals surface area contributed by atoms with Gasteiger partial charge in [-0.15, -0.1) is 21.5 Å². The van der Waals surface area contributed by atoms with Crippen LogP contribution in [-0.4, -0.2) is 71.3 Å². The van der Waals surface area contributed by atoms with Gasteiger partial charge < -0.3 is 14.3 Å². The molecule has 42 heavy (non-hydrogen) atoms. The molecule has 18 heteroatoms. The van der Waals surface area contributed by atoms with Crippen molar-refractivity contribution in [2.45, 2.75) is 74.8 Å². The molecule has 3 aromatic rings. The Balaban J connectivity index is 1.53. The number of hydrogen-bond acceptors (Lipinski definition) is 10. The summed E-state index contributed by atoms with van der Waals surface area (Å²) < 4.78 is 91.4. The molecule has 10 nitrogen and oxygen atoms in total. The Labute approximate surface area is 252 Å². The maximum atomic E-state index is 13.7. The van der Waals surface area contributed by atoms with Gasteiger partial charge in [-0.25, -0.2) is 17.8 Å². The molecule has 2 unspecified atom stereocenters. The Morgan fingerprint density at radius 3 is 2.43 bits per heavy atom. The predicted octanol–water partition coefficient (Wildman–Crippen LogP) is 5.45. The Kier molecular flexibility index (Phi) is 8.41. The van der Waals surface area contributed by atoms with Crippen molar-refractivity contribution >= 4 is 44.6 Å². The van der Waals surface area contributed by atoms with Crippen LogP contribution in [-0.2, 0) is 20.4 Å². The van der Waals surface area contributed by atoms with Crippen molar-refractivity contribution in [2.75, 3.05) is 13.1 Å². The van der Waals surface area contributed by atoms with Gasteiger partial charge in [0.2, 0.25) is 15.9 Å². The Hall–Kier alpha value is -1.92. The molecule has 0 spiro atoms. The lowest BCUT2D eigenvalue weighted by atomic mass is 10.1. The molecule has 4 heterocycles. The lowest BCUT2D eigenvalue weighted by Gasteiger charge is -2.26. The SMILES string of the molecule is C[C@H](NS(=O)(=O)c1ccc(-c2sc(-c3nnc(C(C)(C)O)o3)nc2C2OC2N2CCC(F)CC2)c(Cl)c1Cl)C(F)(F)F. The van der Waals surface area contributed by atoms with E-state index in [1.807, 2.05) is 4.90 Å². The van der Waals surface area contributed by atoms with Crippen molar-refractivity contribution in [2.24, 2.45) is 0 Å². The molecule has 0 aliphatic carbocycles. The van der Waals surface area contributed by atoms with E-state index in [-0.39, 0.29) is 27.4 Å². The standard InChI is InChI=1S/C24H25Cl2F4N5O5S2/c1-10(24(28,29)30)34-42(37,38)13-5-4-12(14(25)15(13)26)18-16(17-21(39-17)35-8-6-11(27)7-9-35)31-20(41-18)19-32-33-22(40-19)23(2,3)36/h4-5,10-11,17,21,34,36H,6-9H2,1-3H3/t10-,17?,21?/m0/s1. The molecule has 2 saturated heterocycles. The second-order valence-corrected chi connectivity index (χ2v) is 13.9. The maximum absolute atomic E-state index is 13.7. The van der Waals surface area contributed by atoms with Crippen molar-refractivity contribution < 1.29 is 40.2 Å². The maximum Gasteiger partial charge on any atom is 0.404 e. The zero-order chi connectivity index (χ0) is 30.8. The fourth-order valence-electron chi connectivity index (χ4n) is 4.35. The number of ether oxygens (including phenoxy) is 1. The molecule has 0 radical (unpaired) electrons. The minimum Gasteiger partial charge on any atom is -0.415 e. The largest absolute Gasteiger partial charge is 0.415 e. The van der Waals surface area contributed by atoms with Crippen LogP contribution in [0.1, 0.15) is 51.3 Å². The third-order valence-corrected chi connectivity index (χ3v) is 10.4. The van der Waals surface area contributed by atoms with E-state index in [1.165, 1.54) is 19.9 Å². The number of hydrogen-bond donors (Lipinski definition) is 2. The van der Waals surface area contributed by atoms with Gasteiger partial charge in [-0.1, -0.05) is 29.3 Å². The number of rotatable bonds is 8. The van der Waals surface area contributed by atoms with E-state index in [0.717, 1.165) is 17.4 Å². The van der Waals surface area contributed by atoms with Crippen LogP contribution in [0.15, 0.2) is 21.4 Å². The third-order valence-electron chi connectivity index (χ3n) is 6.75. The summed E-state index contributed by atoms with van der Waals surface area (Å²) in [5.41, 5.74) is -0.790. The van der Waals surface area contributed by atoms with E-state index < -0.39 is 56.3 Å². The van der Waals surface area contributed by atoms with Crippen LogP contribution in [0.5, 0.6) is 0 Å². The van der Waals surface area contributed by atoms with E-state index in [2.05, 4.69) is 15.2 Å². The first-order chi connectivity index (χ1) is 19.5. The summed E-state index contributed by atoms with van der Waals surface area (Å²) in [5, 5.41) is 17.6. The van der Waals surface area contributed by atoms with Crippen LogP contribution in [0, 0.1) is 0 Å². The Bertz CT molecular complexity index is 1590. The van der Waals surface area contributed by atoms with Gasteiger partial charge in [0.25, 0.3) is 5.89 Å². The van der Waals surface area contributed by atoms with E-state index in [4.69, 9.17) is 32.4 Å². The summed E-state index contributed by atoms with van der Waals surface area (Å²) in [5.74, 6) is -0.0616. The van der Waals surface area contributed by atoms with Gasteiger partial charge in [-0.05, 0) is 39.7 Å². The highest BCUT2D eigenvalue weighted by Gasteiger charge is 2.49. The van der Waals surface area contributed by atoms with Crippen molar-refractivity contribution in [3.05, 3.63) is 33.8 Å². The zero-order valence-corrected chi connectivity index (χ0v) is 25.4. The van der Waals surface area contributed by atoms with E-state index in [9.17, 15) is 31.1 Å². The summed E-state index contributed by atoms with van der Waals surface area (Å²) in [7, 11) is -4.70. The predicted molar refractivity (Wildman–Crippen MR) is 145 cm³/mol. The van der Waals surface area contributed by atoms with Gasteiger partial charge in [-0.2, -0.15) is 17.9 Å². The van der Waals surface area contributed by atoms with E-state index in [1.54, 1.807) is 4.72 Å². The molecule has 2 N–H and O–H groups in total. The number of nitrogens with zero attached hydrogens (tertiary/aromatic N) is 4. The van der Waals surface area contributed by atoms with E-state index in [0.29, 0.717) is 43.4 Å². The number of aliphatic hydroxyl groups is 1. The summed E-state index contributed by atoms with van der Waals surface area (Å²) >= 11 is 13.9. The lowest BCUT2D eigenvalue weighted by Crippen LogP contribution is -2.43. The fraction of sp³-hybridized carbons (Fsp3) is 0.542. The summed E-state index contributed by atoms with van der Waals surface area (Å²) in [6, 6.07) is -0.0134. The highest BCUT2D eigenvalue weighted by atomic mass is 35.5. The Morgan fingerprint density at radius 2 is 1.83 bits per heavy atom. The van der Waals surface area contributed by atoms with Gasteiger partial charge in [0, 0.05) is 18.7 Å². The third kappa shape index (κ3) is 6.31. The molecule has 1 aromatic carbocycles. The lowest BCUT2D eigenvalue weighted by molar-refractivity contribution is -0.147. The number of piperidine rings is 1. The molecule has 0 amide bonds. The van der Waals surface area contributed by atoms with Crippen molar-refractivity contribution in [3.63, 3.8) is 0 Å². The molecule has 0 bridgehead atoms. The van der Waals surface area contributed by atoms with Gasteiger partial charge >= 0.3 is 6.18 Å². The number of benzene rings is 1. The van der Waals surface area contributed by atoms with Crippen molar-refractivity contribution in [1.29, 1.82) is 0 Å². The van der Waals surface area contributed by atoms with Gasteiger partial charge in [-0.3, -0.25) is 4.90 Å². The molecular formula is C24H25Cl2F4N5O5S2. The minimum atomic E-state index is -4.82. The molecule has 230 valence electrons. The second kappa shape index (κ2) is 11.2. The number of thiazole rings is 1. The van der Waals surface area contributed by atoms with Crippen LogP contribution in [0.25, 0.3) is 21.3 Å².